The first-order valence-electron chi connectivity index (χ1n) is 4.25. The largest absolute Gasteiger partial charge is 0.284 e. The van der Waals surface area contributed by atoms with Gasteiger partial charge in [0.1, 0.15) is 0 Å². The number of carbonyl (C=O) groups is 1. The number of carbonyl (C=O) groups excluding carboxylic acids is 1. The first kappa shape index (κ1) is 9.74. The van der Waals surface area contributed by atoms with Crippen molar-refractivity contribution in [1.82, 2.24) is 5.01 Å². The third kappa shape index (κ3) is 3.25. The minimum absolute atomic E-state index is 0.0381. The van der Waals surface area contributed by atoms with Gasteiger partial charge in [0, 0.05) is 13.5 Å². The monoisotopic (exact) mass is 178 g/mol. The number of nitrogens with two attached hydrogens (primary N) is 1. The van der Waals surface area contributed by atoms with Crippen LogP contribution in [0.5, 0.6) is 0 Å². The maximum Gasteiger partial charge on any atom is 0.236 e. The van der Waals surface area contributed by atoms with Gasteiger partial charge in [-0.25, -0.2) is 5.84 Å². The van der Waals surface area contributed by atoms with E-state index >= 15 is 0 Å². The zero-order valence-electron chi connectivity index (χ0n) is 7.73. The quantitative estimate of drug-likeness (QED) is 0.425. The van der Waals surface area contributed by atoms with E-state index in [0.717, 1.165) is 17.0 Å². The van der Waals surface area contributed by atoms with Crippen LogP contribution in [0.4, 0.5) is 0 Å². The van der Waals surface area contributed by atoms with Crippen molar-refractivity contribution < 1.29 is 4.79 Å². The van der Waals surface area contributed by atoms with E-state index in [2.05, 4.69) is 0 Å². The molecule has 1 aromatic rings. The second kappa shape index (κ2) is 4.62. The van der Waals surface area contributed by atoms with Gasteiger partial charge < -0.3 is 0 Å². The van der Waals surface area contributed by atoms with Crippen molar-refractivity contribution in [2.45, 2.75) is 12.8 Å². The summed E-state index contributed by atoms with van der Waals surface area (Å²) >= 11 is 0. The van der Waals surface area contributed by atoms with Gasteiger partial charge in [0.15, 0.2) is 0 Å². The van der Waals surface area contributed by atoms with Crippen LogP contribution in [0.3, 0.4) is 0 Å². The normalized spacial score (nSPS) is 9.69. The van der Waals surface area contributed by atoms with Gasteiger partial charge in [-0.05, 0) is 12.0 Å². The summed E-state index contributed by atoms with van der Waals surface area (Å²) in [6.45, 7) is 0. The first-order valence-corrected chi connectivity index (χ1v) is 4.25. The van der Waals surface area contributed by atoms with Gasteiger partial charge in [0.25, 0.3) is 0 Å². The minimum Gasteiger partial charge on any atom is -0.284 e. The van der Waals surface area contributed by atoms with Crippen molar-refractivity contribution in [2.75, 3.05) is 7.05 Å². The lowest BCUT2D eigenvalue weighted by Gasteiger charge is -2.08. The smallest absolute Gasteiger partial charge is 0.236 e. The van der Waals surface area contributed by atoms with Crippen molar-refractivity contribution in [3.05, 3.63) is 35.9 Å². The summed E-state index contributed by atoms with van der Waals surface area (Å²) in [6.07, 6.45) is 1.22. The van der Waals surface area contributed by atoms with Crippen LogP contribution < -0.4 is 5.84 Å². The predicted octanol–water partition coefficient (Wildman–Crippen LogP) is 0.951. The fourth-order valence-electron chi connectivity index (χ4n) is 1.07. The molecule has 0 aromatic heterocycles. The van der Waals surface area contributed by atoms with Gasteiger partial charge in [-0.3, -0.25) is 9.80 Å². The number of aryl methyl sites for hydroxylation is 1. The zero-order chi connectivity index (χ0) is 9.68. The average Bonchev–Trinajstić information content (AvgIpc) is 2.15. The zero-order valence-corrected chi connectivity index (χ0v) is 7.73. The molecule has 70 valence electrons. The Morgan fingerprint density at radius 1 is 1.38 bits per heavy atom. The molecule has 0 saturated heterocycles. The topological polar surface area (TPSA) is 46.3 Å². The molecular weight excluding hydrogens is 164 g/mol. The molecule has 0 spiro atoms. The van der Waals surface area contributed by atoms with Crippen LogP contribution in [-0.4, -0.2) is 18.0 Å². The molecule has 0 heterocycles. The molecule has 3 heteroatoms. The number of hydrazine groups is 1. The lowest BCUT2D eigenvalue weighted by molar-refractivity contribution is -0.130. The standard InChI is InChI=1S/C10H14N2O/c1-12(11)10(13)8-7-9-5-3-2-4-6-9/h2-6H,7-8,11H2,1H3. The van der Waals surface area contributed by atoms with E-state index in [4.69, 9.17) is 5.84 Å². The molecule has 0 aliphatic rings. The maximum atomic E-state index is 11.1. The van der Waals surface area contributed by atoms with Gasteiger partial charge in [0.2, 0.25) is 5.91 Å². The van der Waals surface area contributed by atoms with Crippen LogP contribution >= 0.6 is 0 Å². The summed E-state index contributed by atoms with van der Waals surface area (Å²) in [4.78, 5) is 11.1. The predicted molar refractivity (Wildman–Crippen MR) is 51.7 cm³/mol. The van der Waals surface area contributed by atoms with Gasteiger partial charge in [-0.2, -0.15) is 0 Å². The molecule has 0 atom stereocenters. The third-order valence-electron chi connectivity index (χ3n) is 1.86. The first-order chi connectivity index (χ1) is 6.20. The summed E-state index contributed by atoms with van der Waals surface area (Å²) in [5, 5.41) is 1.13. The molecule has 1 rings (SSSR count). The Morgan fingerprint density at radius 2 is 2.00 bits per heavy atom. The summed E-state index contributed by atoms with van der Waals surface area (Å²) in [7, 11) is 1.56. The highest BCUT2D eigenvalue weighted by Gasteiger charge is 2.03. The van der Waals surface area contributed by atoms with Crippen molar-refractivity contribution >= 4 is 5.91 Å². The fraction of sp³-hybridized carbons (Fsp3) is 0.300. The average molecular weight is 178 g/mol. The Hall–Kier alpha value is -1.35. The van der Waals surface area contributed by atoms with E-state index in [1.54, 1.807) is 7.05 Å². The molecular formula is C10H14N2O. The Morgan fingerprint density at radius 3 is 2.54 bits per heavy atom. The number of rotatable bonds is 3. The summed E-state index contributed by atoms with van der Waals surface area (Å²) in [5.74, 6) is 5.25. The van der Waals surface area contributed by atoms with Crippen molar-refractivity contribution in [3.63, 3.8) is 0 Å². The van der Waals surface area contributed by atoms with Gasteiger partial charge in [0.05, 0.1) is 0 Å². The van der Waals surface area contributed by atoms with Crippen LogP contribution in [0, 0.1) is 0 Å². The Kier molecular flexibility index (Phi) is 3.46. The SMILES string of the molecule is CN(N)C(=O)CCc1ccccc1. The molecule has 0 saturated carbocycles. The Bertz CT molecular complexity index is 270. The van der Waals surface area contributed by atoms with Gasteiger partial charge in [-0.15, -0.1) is 0 Å². The van der Waals surface area contributed by atoms with E-state index in [0.29, 0.717) is 6.42 Å². The number of hydrogen-bond donors (Lipinski definition) is 1. The molecule has 0 aliphatic carbocycles. The fourth-order valence-corrected chi connectivity index (χ4v) is 1.07. The number of hydrogen-bond acceptors (Lipinski definition) is 2. The second-order valence-electron chi connectivity index (χ2n) is 2.99. The van der Waals surface area contributed by atoms with Crippen molar-refractivity contribution in [1.29, 1.82) is 0 Å². The van der Waals surface area contributed by atoms with Gasteiger partial charge in [-0.1, -0.05) is 30.3 Å². The molecule has 2 N–H and O–H groups in total. The highest BCUT2D eigenvalue weighted by atomic mass is 16.2. The molecule has 0 radical (unpaired) electrons. The minimum atomic E-state index is -0.0381. The highest BCUT2D eigenvalue weighted by molar-refractivity contribution is 5.75. The molecule has 0 aliphatic heterocycles. The van der Waals surface area contributed by atoms with Gasteiger partial charge >= 0.3 is 0 Å². The highest BCUT2D eigenvalue weighted by Crippen LogP contribution is 2.02. The van der Waals surface area contributed by atoms with E-state index < -0.39 is 0 Å². The van der Waals surface area contributed by atoms with Crippen LogP contribution in [0.25, 0.3) is 0 Å². The van der Waals surface area contributed by atoms with E-state index in [9.17, 15) is 4.79 Å². The number of amides is 1. The lowest BCUT2D eigenvalue weighted by Crippen LogP contribution is -2.33. The maximum absolute atomic E-state index is 11.1. The number of nitrogens with zero attached hydrogens (tertiary/aromatic N) is 1. The molecule has 1 aromatic carbocycles. The van der Waals surface area contributed by atoms with Crippen LogP contribution in [0.2, 0.25) is 0 Å². The summed E-state index contributed by atoms with van der Waals surface area (Å²) in [5.41, 5.74) is 1.16. The molecule has 13 heavy (non-hydrogen) atoms. The summed E-state index contributed by atoms with van der Waals surface area (Å²) < 4.78 is 0. The molecule has 1 amide bonds. The number of benzene rings is 1. The van der Waals surface area contributed by atoms with E-state index in [1.807, 2.05) is 30.3 Å². The van der Waals surface area contributed by atoms with Crippen LogP contribution in [0.1, 0.15) is 12.0 Å². The van der Waals surface area contributed by atoms with E-state index in [1.165, 1.54) is 0 Å². The van der Waals surface area contributed by atoms with Crippen LogP contribution in [0.15, 0.2) is 30.3 Å². The molecule has 0 fully saturated rings. The molecule has 0 unspecified atom stereocenters. The van der Waals surface area contributed by atoms with E-state index in [-0.39, 0.29) is 5.91 Å². The Labute approximate surface area is 78.1 Å². The van der Waals surface area contributed by atoms with Crippen LogP contribution in [-0.2, 0) is 11.2 Å². The lowest BCUT2D eigenvalue weighted by atomic mass is 10.1. The summed E-state index contributed by atoms with van der Waals surface area (Å²) in [6, 6.07) is 9.89. The third-order valence-corrected chi connectivity index (χ3v) is 1.86. The second-order valence-corrected chi connectivity index (χ2v) is 2.99. The van der Waals surface area contributed by atoms with Crippen molar-refractivity contribution in [3.8, 4) is 0 Å². The Balaban J connectivity index is 2.40. The molecule has 0 bridgehead atoms. The molecule has 3 nitrogen and oxygen atoms in total. The van der Waals surface area contributed by atoms with Crippen molar-refractivity contribution in [2.24, 2.45) is 5.84 Å².